The summed E-state index contributed by atoms with van der Waals surface area (Å²) in [5.41, 5.74) is 2.51. The molecule has 0 radical (unpaired) electrons. The molecule has 0 aliphatic heterocycles. The minimum atomic E-state index is -0.926. The van der Waals surface area contributed by atoms with E-state index in [1.54, 1.807) is 42.5 Å². The Labute approximate surface area is 596 Å². The standard InChI is InChI=1S/2C18H15P.C13H14O3.C12H12O3.C8H7BrO3.C5H8.CH4O.2ClH.Na.H2O.Pd/c2*1-4-10-16(11-5-1)19(17-12-6-2-7-13-17)18-14-8-3-9-15-18;1-3-4-11-7-9-5-6-10(13(14)15-2)8-12(9)16-11;1-2-3-10-6-8-4-5-9(12(13)14)7-11(8)15-10;1-12-8(11)5-2-3-6(9)7(10)4-5;1-3-5-4-2;1-2;;;;;/h2*1-15H;5-8H,3-4H2,1-2H3;4-7H,2-3H2,1H3,(H,13,14);2-4,10H,1H3;1H,4-5H2,2H3;2H,1H3;2*1H;;1H2;/q;;;;;;;;;+1;;+2/p-3. The third-order valence-corrected chi connectivity index (χ3v) is 18.2. The molecule has 0 fully saturated rings. The van der Waals surface area contributed by atoms with Crippen LogP contribution >= 0.6 is 50.8 Å². The van der Waals surface area contributed by atoms with E-state index in [2.05, 4.69) is 234 Å². The molecule has 0 aliphatic rings. The van der Waals surface area contributed by atoms with E-state index in [9.17, 15) is 19.5 Å². The third kappa shape index (κ3) is 28.4. The number of phenolic OH excluding ortho intramolecular Hbond substituents is 1. The normalized spacial score (nSPS) is 9.75. The molecular formula is C75H76BrCl2NaO11P2Pd. The van der Waals surface area contributed by atoms with E-state index in [-0.39, 0.29) is 68.3 Å². The van der Waals surface area contributed by atoms with Gasteiger partial charge in [-0.1, -0.05) is 215 Å². The Kier molecular flexibility index (Phi) is 42.6. The number of esters is 2. The first-order valence-electron chi connectivity index (χ1n) is 28.9. The van der Waals surface area contributed by atoms with Gasteiger partial charge in [-0.3, -0.25) is 0 Å². The van der Waals surface area contributed by atoms with Crippen LogP contribution in [0.25, 0.3) is 21.9 Å². The van der Waals surface area contributed by atoms with Crippen molar-refractivity contribution < 1.29 is 99.0 Å². The number of terminal acetylenes is 1. The Balaban J connectivity index is 0.000000382. The number of rotatable bonds is 14. The molecule has 9 aromatic carbocycles. The van der Waals surface area contributed by atoms with Crippen LogP contribution in [0.2, 0.25) is 0 Å². The van der Waals surface area contributed by atoms with Crippen molar-refractivity contribution in [3.8, 4) is 18.1 Å². The van der Waals surface area contributed by atoms with Crippen molar-refractivity contribution in [3.05, 3.63) is 281 Å². The number of carboxylic acid groups (broad SMARTS) is 1. The number of furan rings is 2. The number of ether oxygens (including phenoxy) is 2. The van der Waals surface area contributed by atoms with Crippen LogP contribution in [0, 0.1) is 12.3 Å². The molecule has 0 bridgehead atoms. The number of aromatic hydroxyl groups is 1. The summed E-state index contributed by atoms with van der Waals surface area (Å²) in [6, 6.07) is 83.4. The number of methoxy groups -OCH3 is 2. The molecule has 2 heterocycles. The average Bonchev–Trinajstić information content (AvgIpc) is 1.98. The van der Waals surface area contributed by atoms with Gasteiger partial charge in [0.15, 0.2) is 0 Å². The second-order valence-electron chi connectivity index (χ2n) is 19.1. The zero-order chi connectivity index (χ0) is 66.2. The number of aromatic carboxylic acids is 1. The Morgan fingerprint density at radius 2 is 0.785 bits per heavy atom. The fraction of sp³-hybridized carbons (Fsp3) is 0.160. The molecule has 0 aliphatic carbocycles. The Bertz CT molecular complexity index is 3580. The fourth-order valence-electron chi connectivity index (χ4n) is 8.55. The first kappa shape index (κ1) is 82.4. The summed E-state index contributed by atoms with van der Waals surface area (Å²) >= 11 is 2.99. The van der Waals surface area contributed by atoms with Gasteiger partial charge in [0.25, 0.3) is 0 Å². The maximum atomic E-state index is 11.3. The van der Waals surface area contributed by atoms with E-state index >= 15 is 0 Å². The smallest absolute Gasteiger partial charge is 0.870 e. The van der Waals surface area contributed by atoms with Crippen LogP contribution < -0.4 is 61.4 Å². The molecule has 93 heavy (non-hydrogen) atoms. The summed E-state index contributed by atoms with van der Waals surface area (Å²) in [5, 5.41) is 35.4. The van der Waals surface area contributed by atoms with Crippen LogP contribution in [0.4, 0.5) is 0 Å². The Hall–Kier alpha value is -6.67. The summed E-state index contributed by atoms with van der Waals surface area (Å²) in [6.45, 7) is 6.25. The van der Waals surface area contributed by atoms with Crippen molar-refractivity contribution in [1.82, 2.24) is 0 Å². The first-order chi connectivity index (χ1) is 44.3. The molecule has 0 atom stereocenters. The van der Waals surface area contributed by atoms with E-state index in [4.69, 9.17) is 44.5 Å². The summed E-state index contributed by atoms with van der Waals surface area (Å²) in [4.78, 5) is 33.0. The number of hydrogen-bond acceptors (Lipinski definition) is 10. The fourth-order valence-corrected chi connectivity index (χ4v) is 13.4. The molecule has 0 saturated heterocycles. The SMILES string of the molecule is C#CCCC.CCCc1cc2ccc(C(=O)O)cc2o1.CCCc1cc2ccc(C(=O)OC)cc2o1.CO.COC(=O)c1ccc(Br)c(O)c1.[Cl][Pd][Cl].[Na+].[OH-].c1ccc(P(c2ccccc2)c2ccccc2)cc1.c1ccc(P(c2ccccc2)c2ccccc2)cc1. The number of hydrogen-bond donors (Lipinski definition) is 3. The van der Waals surface area contributed by atoms with Crippen LogP contribution in [-0.4, -0.2) is 60.0 Å². The van der Waals surface area contributed by atoms with Gasteiger partial charge in [0.05, 0.1) is 35.4 Å². The maximum absolute atomic E-state index is 11.3. The number of carbonyl (C=O) groups is 3. The third-order valence-electron chi connectivity index (χ3n) is 12.7. The molecule has 0 unspecified atom stereocenters. The summed E-state index contributed by atoms with van der Waals surface area (Å²) < 4.78 is 20.8. The molecule has 11 aromatic rings. The van der Waals surface area contributed by atoms with Gasteiger partial charge in [0.1, 0.15) is 28.4 Å². The monoisotopic (exact) mass is 1490 g/mol. The molecule has 0 saturated carbocycles. The van der Waals surface area contributed by atoms with Crippen LogP contribution in [0.1, 0.15) is 89.0 Å². The summed E-state index contributed by atoms with van der Waals surface area (Å²) in [6.07, 6.45) is 10.8. The molecule has 0 amide bonds. The number of carbonyl (C=O) groups excluding carboxylic acids is 2. The van der Waals surface area contributed by atoms with Gasteiger partial charge in [-0.25, -0.2) is 14.4 Å². The predicted octanol–water partition coefficient (Wildman–Crippen LogP) is 14.3. The number of carboxylic acids is 1. The molecule has 18 heteroatoms. The van der Waals surface area contributed by atoms with Crippen molar-refractivity contribution in [1.29, 1.82) is 0 Å². The number of aliphatic hydroxyl groups is 1. The largest absolute Gasteiger partial charge is 1.00 e. The number of aliphatic hydroxyl groups excluding tert-OH is 1. The van der Waals surface area contributed by atoms with Crippen molar-refractivity contribution in [3.63, 3.8) is 0 Å². The molecular weight excluding hydrogens is 1420 g/mol. The quantitative estimate of drug-likeness (QED) is 0.0407. The molecule has 11 rings (SSSR count). The van der Waals surface area contributed by atoms with Gasteiger partial charge < -0.3 is 39.1 Å². The number of phenols is 1. The van der Waals surface area contributed by atoms with Gasteiger partial charge in [-0.2, -0.15) is 0 Å². The van der Waals surface area contributed by atoms with Crippen molar-refractivity contribution in [2.24, 2.45) is 0 Å². The van der Waals surface area contributed by atoms with Crippen LogP contribution in [0.5, 0.6) is 5.75 Å². The van der Waals surface area contributed by atoms with Crippen molar-refractivity contribution in [2.45, 2.75) is 59.3 Å². The second kappa shape index (κ2) is 48.1. The zero-order valence-electron chi connectivity index (χ0n) is 53.0. The van der Waals surface area contributed by atoms with E-state index in [1.165, 1.54) is 52.1 Å². The van der Waals surface area contributed by atoms with Crippen LogP contribution in [-0.2, 0) is 38.3 Å². The van der Waals surface area contributed by atoms with Crippen LogP contribution in [0.15, 0.2) is 262 Å². The number of benzene rings is 9. The first-order valence-corrected chi connectivity index (χ1v) is 36.4. The van der Waals surface area contributed by atoms with E-state index in [0.717, 1.165) is 73.5 Å². The minimum absolute atomic E-state index is 0. The van der Waals surface area contributed by atoms with Crippen molar-refractivity contribution >= 4 is 123 Å². The van der Waals surface area contributed by atoms with E-state index in [1.807, 2.05) is 18.2 Å². The Morgan fingerprint density at radius 3 is 1.04 bits per heavy atom. The topological polar surface area (TPSA) is 187 Å². The van der Waals surface area contributed by atoms with Gasteiger partial charge in [0.2, 0.25) is 0 Å². The van der Waals surface area contributed by atoms with E-state index in [0.29, 0.717) is 21.2 Å². The second-order valence-corrected chi connectivity index (χ2v) is 26.7. The van der Waals surface area contributed by atoms with Gasteiger partial charge >= 0.3 is 82.5 Å². The Morgan fingerprint density at radius 1 is 0.495 bits per heavy atom. The van der Waals surface area contributed by atoms with Crippen LogP contribution in [0.3, 0.4) is 0 Å². The number of unbranched alkanes of at least 4 members (excludes halogenated alkanes) is 1. The number of aryl methyl sites for hydroxylation is 2. The average molecular weight is 1500 g/mol. The summed E-state index contributed by atoms with van der Waals surface area (Å²) in [7, 11) is 12.4. The maximum Gasteiger partial charge on any atom is 1.00 e. The number of halogens is 3. The zero-order valence-corrected chi connectivity index (χ0v) is 61.4. The van der Waals surface area contributed by atoms with E-state index < -0.39 is 27.8 Å². The minimum Gasteiger partial charge on any atom is -0.870 e. The molecule has 4 N–H and O–H groups in total. The molecule has 11 nitrogen and oxygen atoms in total. The molecule has 0 spiro atoms. The number of fused-ring (bicyclic) bond motifs is 2. The van der Waals surface area contributed by atoms with Gasteiger partial charge in [-0.05, 0) is 137 Å². The summed E-state index contributed by atoms with van der Waals surface area (Å²) in [5.74, 6) is 2.69. The molecule has 484 valence electrons. The van der Waals surface area contributed by atoms with Gasteiger partial charge in [0, 0.05) is 37.1 Å². The van der Waals surface area contributed by atoms with Gasteiger partial charge in [-0.15, -0.1) is 12.3 Å². The predicted molar refractivity (Wildman–Crippen MR) is 382 cm³/mol. The van der Waals surface area contributed by atoms with Crippen molar-refractivity contribution in [2.75, 3.05) is 21.3 Å². The molecule has 2 aromatic heterocycles.